The average molecular weight is 442 g/mol. The Morgan fingerprint density at radius 3 is 2.34 bits per heavy atom. The quantitative estimate of drug-likeness (QED) is 0.650. The Labute approximate surface area is 189 Å². The van der Waals surface area contributed by atoms with Gasteiger partial charge in [0.1, 0.15) is 11.9 Å². The van der Waals surface area contributed by atoms with Crippen LogP contribution < -0.4 is 5.32 Å². The van der Waals surface area contributed by atoms with Crippen LogP contribution in [0.25, 0.3) is 0 Å². The number of morpholine rings is 1. The Morgan fingerprint density at radius 2 is 1.72 bits per heavy atom. The third-order valence-corrected chi connectivity index (χ3v) is 5.55. The fourth-order valence-electron chi connectivity index (χ4n) is 3.78. The topological polar surface area (TPSA) is 61.9 Å². The minimum Gasteiger partial charge on any atom is -0.379 e. The second-order valence-corrected chi connectivity index (χ2v) is 8.31. The summed E-state index contributed by atoms with van der Waals surface area (Å²) < 4.78 is 18.8. The van der Waals surface area contributed by atoms with Crippen molar-refractivity contribution in [1.29, 1.82) is 0 Å². The summed E-state index contributed by atoms with van der Waals surface area (Å²) in [5, 5.41) is 3.02. The van der Waals surface area contributed by atoms with E-state index in [0.29, 0.717) is 19.8 Å². The maximum absolute atomic E-state index is 13.4. The highest BCUT2D eigenvalue weighted by molar-refractivity contribution is 5.89. The molecule has 0 aliphatic carbocycles. The van der Waals surface area contributed by atoms with Crippen molar-refractivity contribution in [3.05, 3.63) is 71.5 Å². The molecule has 7 heteroatoms. The lowest BCUT2D eigenvalue weighted by atomic mass is 10.0. The second kappa shape index (κ2) is 11.7. The number of carbonyl (C=O) groups is 2. The molecule has 0 saturated carbocycles. The Kier molecular flexibility index (Phi) is 8.76. The van der Waals surface area contributed by atoms with E-state index < -0.39 is 6.04 Å². The van der Waals surface area contributed by atoms with Gasteiger partial charge in [0.25, 0.3) is 0 Å². The third-order valence-electron chi connectivity index (χ3n) is 5.55. The number of benzene rings is 2. The highest BCUT2D eigenvalue weighted by Gasteiger charge is 2.32. The molecule has 0 spiro atoms. The van der Waals surface area contributed by atoms with Crippen molar-refractivity contribution in [3.8, 4) is 0 Å². The highest BCUT2D eigenvalue weighted by atomic mass is 19.1. The smallest absolute Gasteiger partial charge is 0.247 e. The van der Waals surface area contributed by atoms with Gasteiger partial charge in [0, 0.05) is 38.6 Å². The van der Waals surface area contributed by atoms with Crippen LogP contribution in [0.15, 0.2) is 54.6 Å². The first-order valence-corrected chi connectivity index (χ1v) is 11.1. The fourth-order valence-corrected chi connectivity index (χ4v) is 3.78. The Bertz CT molecular complexity index is 868. The predicted molar refractivity (Wildman–Crippen MR) is 121 cm³/mol. The predicted octanol–water partition coefficient (Wildman–Crippen LogP) is 3.00. The van der Waals surface area contributed by atoms with Crippen molar-refractivity contribution < 1.29 is 18.7 Å². The van der Waals surface area contributed by atoms with Gasteiger partial charge in [0.2, 0.25) is 11.8 Å². The van der Waals surface area contributed by atoms with Crippen LogP contribution in [0.4, 0.5) is 4.39 Å². The maximum Gasteiger partial charge on any atom is 0.247 e. The van der Waals surface area contributed by atoms with Crippen LogP contribution in [-0.2, 0) is 20.9 Å². The molecule has 0 radical (unpaired) electrons. The zero-order chi connectivity index (χ0) is 22.9. The van der Waals surface area contributed by atoms with Gasteiger partial charge in [-0.05, 0) is 23.3 Å². The van der Waals surface area contributed by atoms with Crippen molar-refractivity contribution in [3.63, 3.8) is 0 Å². The van der Waals surface area contributed by atoms with E-state index in [0.717, 1.165) is 30.8 Å². The van der Waals surface area contributed by atoms with Gasteiger partial charge >= 0.3 is 0 Å². The summed E-state index contributed by atoms with van der Waals surface area (Å²) >= 11 is 0. The summed E-state index contributed by atoms with van der Waals surface area (Å²) in [5.74, 6) is -0.981. The van der Waals surface area contributed by atoms with Crippen LogP contribution in [0, 0.1) is 11.7 Å². The number of nitrogens with zero attached hydrogens (tertiary/aromatic N) is 2. The van der Waals surface area contributed by atoms with E-state index in [2.05, 4.69) is 10.2 Å². The first-order valence-electron chi connectivity index (χ1n) is 11.1. The lowest BCUT2D eigenvalue weighted by Crippen LogP contribution is -2.47. The minimum absolute atomic E-state index is 0.133. The third kappa shape index (κ3) is 6.61. The molecule has 0 bridgehead atoms. The van der Waals surface area contributed by atoms with E-state index in [1.54, 1.807) is 17.0 Å². The molecule has 1 unspecified atom stereocenters. The molecular weight excluding hydrogens is 409 g/mol. The molecule has 1 aliphatic heterocycles. The largest absolute Gasteiger partial charge is 0.379 e. The van der Waals surface area contributed by atoms with Crippen LogP contribution in [0.3, 0.4) is 0 Å². The number of rotatable bonds is 9. The number of halogens is 1. The number of hydrogen-bond donors (Lipinski definition) is 1. The van der Waals surface area contributed by atoms with E-state index in [-0.39, 0.29) is 30.1 Å². The number of nitrogens with one attached hydrogen (secondary N) is 1. The lowest BCUT2D eigenvalue weighted by molar-refractivity contribution is -0.144. The van der Waals surface area contributed by atoms with Gasteiger partial charge < -0.3 is 15.0 Å². The van der Waals surface area contributed by atoms with Crippen LogP contribution >= 0.6 is 0 Å². The van der Waals surface area contributed by atoms with Gasteiger partial charge in [-0.2, -0.15) is 0 Å². The molecule has 2 amide bonds. The van der Waals surface area contributed by atoms with E-state index >= 15 is 0 Å². The molecule has 1 aliphatic rings. The van der Waals surface area contributed by atoms with Crippen LogP contribution in [0.2, 0.25) is 0 Å². The monoisotopic (exact) mass is 441 g/mol. The zero-order valence-corrected chi connectivity index (χ0v) is 18.8. The van der Waals surface area contributed by atoms with E-state index in [1.165, 1.54) is 12.1 Å². The SMILES string of the molecule is CC(C)C(=O)N(Cc1ccc(F)cc1)C(C(=O)NCCN1CCOCC1)c1ccccc1. The standard InChI is InChI=1S/C25H32FN3O3/c1-19(2)25(31)29(18-20-8-10-22(26)11-9-20)23(21-6-4-3-5-7-21)24(30)27-12-13-28-14-16-32-17-15-28/h3-11,19,23H,12-18H2,1-2H3,(H,27,30). The lowest BCUT2D eigenvalue weighted by Gasteiger charge is -2.33. The van der Waals surface area contributed by atoms with Crippen molar-refractivity contribution in [2.75, 3.05) is 39.4 Å². The molecule has 1 heterocycles. The first kappa shape index (κ1) is 23.9. The Morgan fingerprint density at radius 1 is 1.06 bits per heavy atom. The number of amides is 2. The van der Waals surface area contributed by atoms with Crippen molar-refractivity contribution in [2.45, 2.75) is 26.4 Å². The molecule has 2 aromatic carbocycles. The minimum atomic E-state index is -0.777. The molecular formula is C25H32FN3O3. The maximum atomic E-state index is 13.4. The van der Waals surface area contributed by atoms with Gasteiger partial charge in [-0.1, -0.05) is 56.3 Å². The average Bonchev–Trinajstić information content (AvgIpc) is 2.81. The second-order valence-electron chi connectivity index (χ2n) is 8.31. The van der Waals surface area contributed by atoms with E-state index in [4.69, 9.17) is 4.74 Å². The van der Waals surface area contributed by atoms with E-state index in [9.17, 15) is 14.0 Å². The molecule has 3 rings (SSSR count). The van der Waals surface area contributed by atoms with Crippen LogP contribution in [0.5, 0.6) is 0 Å². The summed E-state index contributed by atoms with van der Waals surface area (Å²) in [6.07, 6.45) is 0. The number of carbonyl (C=O) groups excluding carboxylic acids is 2. The summed E-state index contributed by atoms with van der Waals surface area (Å²) in [6.45, 7) is 8.17. The summed E-state index contributed by atoms with van der Waals surface area (Å²) in [4.78, 5) is 30.4. The van der Waals surface area contributed by atoms with Crippen molar-refractivity contribution in [2.24, 2.45) is 5.92 Å². The molecule has 1 atom stereocenters. The number of ether oxygens (including phenoxy) is 1. The summed E-state index contributed by atoms with van der Waals surface area (Å²) in [6, 6.07) is 14.6. The normalized spacial score (nSPS) is 15.4. The Balaban J connectivity index is 1.81. The van der Waals surface area contributed by atoms with Crippen LogP contribution in [-0.4, -0.2) is 61.0 Å². The molecule has 32 heavy (non-hydrogen) atoms. The Hall–Kier alpha value is -2.77. The van der Waals surface area contributed by atoms with Crippen LogP contribution in [0.1, 0.15) is 31.0 Å². The van der Waals surface area contributed by atoms with Gasteiger partial charge in [0.15, 0.2) is 0 Å². The van der Waals surface area contributed by atoms with Gasteiger partial charge in [-0.3, -0.25) is 14.5 Å². The first-order chi connectivity index (χ1) is 15.5. The van der Waals surface area contributed by atoms with Gasteiger partial charge in [-0.25, -0.2) is 4.39 Å². The molecule has 2 aromatic rings. The fraction of sp³-hybridized carbons (Fsp3) is 0.440. The molecule has 172 valence electrons. The molecule has 0 aromatic heterocycles. The number of hydrogen-bond acceptors (Lipinski definition) is 4. The molecule has 6 nitrogen and oxygen atoms in total. The molecule has 1 fully saturated rings. The molecule has 1 N–H and O–H groups in total. The van der Waals surface area contributed by atoms with Gasteiger partial charge in [-0.15, -0.1) is 0 Å². The highest BCUT2D eigenvalue weighted by Crippen LogP contribution is 2.25. The molecule has 1 saturated heterocycles. The zero-order valence-electron chi connectivity index (χ0n) is 18.8. The summed E-state index contributed by atoms with van der Waals surface area (Å²) in [5.41, 5.74) is 1.51. The summed E-state index contributed by atoms with van der Waals surface area (Å²) in [7, 11) is 0. The van der Waals surface area contributed by atoms with Crippen molar-refractivity contribution in [1.82, 2.24) is 15.1 Å². The van der Waals surface area contributed by atoms with Gasteiger partial charge in [0.05, 0.1) is 13.2 Å². The van der Waals surface area contributed by atoms with Crippen molar-refractivity contribution >= 4 is 11.8 Å². The van der Waals surface area contributed by atoms with E-state index in [1.807, 2.05) is 44.2 Å².